The summed E-state index contributed by atoms with van der Waals surface area (Å²) in [7, 11) is -1.38. The molecule has 5 rings (SSSR count). The number of rotatable bonds is 5. The summed E-state index contributed by atoms with van der Waals surface area (Å²) in [6.07, 6.45) is 0.236. The number of benzene rings is 1. The van der Waals surface area contributed by atoms with E-state index in [0.717, 1.165) is 11.6 Å². The number of hydrogen-bond acceptors (Lipinski definition) is 6. The Labute approximate surface area is 189 Å². The Balaban J connectivity index is 1.62. The van der Waals surface area contributed by atoms with Crippen molar-refractivity contribution in [2.24, 2.45) is 5.92 Å². The lowest BCUT2D eigenvalue weighted by Crippen LogP contribution is -2.60. The van der Waals surface area contributed by atoms with E-state index >= 15 is 0 Å². The fourth-order valence-electron chi connectivity index (χ4n) is 5.01. The van der Waals surface area contributed by atoms with Crippen LogP contribution in [0.3, 0.4) is 0 Å². The van der Waals surface area contributed by atoms with Gasteiger partial charge in [0.25, 0.3) is 0 Å². The summed E-state index contributed by atoms with van der Waals surface area (Å²) in [4.78, 5) is 40.9. The summed E-state index contributed by atoms with van der Waals surface area (Å²) in [6, 6.07) is 4.81. The molecular formula is C23H32N2O6Si. The van der Waals surface area contributed by atoms with Gasteiger partial charge in [0.05, 0.1) is 37.7 Å². The van der Waals surface area contributed by atoms with Gasteiger partial charge in [-0.05, 0) is 29.3 Å². The molecule has 4 atom stereocenters. The number of nitrogens with one attached hydrogen (secondary N) is 1. The van der Waals surface area contributed by atoms with Crippen LogP contribution in [0.5, 0.6) is 5.75 Å². The number of carbonyl (C=O) groups excluding carboxylic acids is 3. The van der Waals surface area contributed by atoms with Crippen LogP contribution in [0.4, 0.5) is 4.79 Å². The van der Waals surface area contributed by atoms with Crippen molar-refractivity contribution in [3.05, 3.63) is 29.3 Å². The van der Waals surface area contributed by atoms with Gasteiger partial charge in [-0.3, -0.25) is 9.59 Å². The molecule has 2 bridgehead atoms. The van der Waals surface area contributed by atoms with Crippen LogP contribution in [-0.2, 0) is 19.1 Å². The molecule has 1 saturated heterocycles. The van der Waals surface area contributed by atoms with Crippen LogP contribution < -0.4 is 5.32 Å². The number of phenols is 1. The number of phenolic OH excluding ortho intramolecular Hbond substituents is 1. The summed E-state index contributed by atoms with van der Waals surface area (Å²) in [5, 5.41) is 13.0. The second-order valence-electron chi connectivity index (χ2n) is 10.1. The maximum atomic E-state index is 13.3. The number of aromatic hydroxyl groups is 1. The highest BCUT2D eigenvalue weighted by Crippen LogP contribution is 2.52. The smallest absolute Gasteiger partial charge is 0.317 e. The quantitative estimate of drug-likeness (QED) is 0.517. The first-order valence-electron chi connectivity index (χ1n) is 11.3. The first kappa shape index (κ1) is 22.8. The summed E-state index contributed by atoms with van der Waals surface area (Å²) >= 11 is 0. The molecule has 2 amide bonds. The van der Waals surface area contributed by atoms with Gasteiger partial charge in [-0.25, -0.2) is 4.79 Å². The summed E-state index contributed by atoms with van der Waals surface area (Å²) in [6.45, 7) is 8.85. The van der Waals surface area contributed by atoms with E-state index in [1.165, 1.54) is 0 Å². The molecule has 0 radical (unpaired) electrons. The molecule has 2 N–H and O–H groups in total. The summed E-state index contributed by atoms with van der Waals surface area (Å²) in [5.41, 5.74) is 1.58. The largest absolute Gasteiger partial charge is 0.508 e. The SMILES string of the molecule is C[Si](C)(C)CCOC(=O)[C@@H]1C2CC(=O)[C@@H](c3cc(O)ccc32)[C@H]1NC(=O)N1CCOCC1. The molecular weight excluding hydrogens is 428 g/mol. The zero-order valence-corrected chi connectivity index (χ0v) is 19.9. The van der Waals surface area contributed by atoms with Crippen LogP contribution in [0.15, 0.2) is 18.2 Å². The van der Waals surface area contributed by atoms with Crippen LogP contribution in [0, 0.1) is 5.92 Å². The highest BCUT2D eigenvalue weighted by atomic mass is 28.3. The number of esters is 1. The van der Waals surface area contributed by atoms with E-state index < -0.39 is 26.0 Å². The first-order valence-corrected chi connectivity index (χ1v) is 15.0. The highest BCUT2D eigenvalue weighted by Gasteiger charge is 2.55. The third-order valence-electron chi connectivity index (χ3n) is 6.71. The minimum absolute atomic E-state index is 0.0217. The van der Waals surface area contributed by atoms with Crippen molar-refractivity contribution in [3.8, 4) is 5.75 Å². The van der Waals surface area contributed by atoms with E-state index in [1.54, 1.807) is 23.1 Å². The lowest BCUT2D eigenvalue weighted by atomic mass is 9.58. The zero-order chi connectivity index (χ0) is 23.0. The van der Waals surface area contributed by atoms with Crippen molar-refractivity contribution < 1.29 is 29.0 Å². The molecule has 0 spiro atoms. The van der Waals surface area contributed by atoms with Gasteiger partial charge in [0, 0.05) is 33.5 Å². The van der Waals surface area contributed by atoms with E-state index in [1.807, 2.05) is 0 Å². The molecule has 1 saturated carbocycles. The normalized spacial score (nSPS) is 27.1. The van der Waals surface area contributed by atoms with E-state index in [9.17, 15) is 19.5 Å². The topological polar surface area (TPSA) is 105 Å². The average Bonchev–Trinajstić information content (AvgIpc) is 2.73. The minimum atomic E-state index is -1.38. The molecule has 1 heterocycles. The number of ketones is 1. The number of hydrogen-bond donors (Lipinski definition) is 2. The van der Waals surface area contributed by atoms with Crippen LogP contribution >= 0.6 is 0 Å². The Kier molecular flexibility index (Phi) is 6.31. The van der Waals surface area contributed by atoms with Crippen LogP contribution in [0.25, 0.3) is 0 Å². The van der Waals surface area contributed by atoms with Crippen LogP contribution in [-0.4, -0.2) is 74.8 Å². The van der Waals surface area contributed by atoms with Crippen molar-refractivity contribution in [2.45, 2.75) is 50.0 Å². The highest BCUT2D eigenvalue weighted by molar-refractivity contribution is 6.76. The Morgan fingerprint density at radius 2 is 1.94 bits per heavy atom. The number of fused-ring (bicyclic) bond motifs is 2. The zero-order valence-electron chi connectivity index (χ0n) is 18.9. The number of morpholine rings is 1. The number of Topliss-reactive ketones (excluding diaryl/α,β-unsaturated/α-hetero) is 1. The number of ether oxygens (including phenoxy) is 2. The molecule has 1 aromatic rings. The molecule has 1 aromatic carbocycles. The molecule has 0 aromatic heterocycles. The van der Waals surface area contributed by atoms with Gasteiger partial charge in [0.2, 0.25) is 0 Å². The Morgan fingerprint density at radius 3 is 2.62 bits per heavy atom. The van der Waals surface area contributed by atoms with Crippen molar-refractivity contribution in [2.75, 3.05) is 32.9 Å². The molecule has 4 aliphatic rings. The van der Waals surface area contributed by atoms with Gasteiger partial charge < -0.3 is 24.8 Å². The van der Waals surface area contributed by atoms with Gasteiger partial charge >= 0.3 is 12.0 Å². The molecule has 2 fully saturated rings. The average molecular weight is 461 g/mol. The summed E-state index contributed by atoms with van der Waals surface area (Å²) < 4.78 is 11.0. The standard InChI is InChI=1S/C23H32N2O6Si/c1-32(2,3)11-10-31-22(28)20-17-13-18(27)19(16-12-14(26)4-5-15(16)17)21(20)24-23(29)25-6-8-30-9-7-25/h4-5,12,17,19-21,26H,6-11,13H2,1-3H3,(H,24,29)/t17?,19-,20-,21-/m1/s1. The fraction of sp³-hybridized carbons (Fsp3) is 0.609. The van der Waals surface area contributed by atoms with Gasteiger partial charge in [-0.1, -0.05) is 25.7 Å². The lowest BCUT2D eigenvalue weighted by molar-refractivity contribution is -0.152. The van der Waals surface area contributed by atoms with Crippen molar-refractivity contribution in [1.82, 2.24) is 10.2 Å². The van der Waals surface area contributed by atoms with E-state index in [2.05, 4.69) is 25.0 Å². The van der Waals surface area contributed by atoms with Crippen LogP contribution in [0.2, 0.25) is 25.7 Å². The van der Waals surface area contributed by atoms with E-state index in [4.69, 9.17) is 9.47 Å². The fourth-order valence-corrected chi connectivity index (χ4v) is 5.72. The number of urea groups is 1. The third-order valence-corrected chi connectivity index (χ3v) is 8.41. The Bertz CT molecular complexity index is 908. The molecule has 3 aliphatic carbocycles. The second-order valence-corrected chi connectivity index (χ2v) is 15.8. The second kappa shape index (κ2) is 8.86. The lowest BCUT2D eigenvalue weighted by Gasteiger charge is -2.48. The van der Waals surface area contributed by atoms with Crippen molar-refractivity contribution in [3.63, 3.8) is 0 Å². The molecule has 1 unspecified atom stereocenters. The Morgan fingerprint density at radius 1 is 1.22 bits per heavy atom. The van der Waals surface area contributed by atoms with E-state index in [-0.39, 0.29) is 35.9 Å². The van der Waals surface area contributed by atoms with Gasteiger partial charge in [-0.15, -0.1) is 0 Å². The molecule has 9 heteroatoms. The molecule has 8 nitrogen and oxygen atoms in total. The maximum Gasteiger partial charge on any atom is 0.317 e. The predicted octanol–water partition coefficient (Wildman–Crippen LogP) is 2.45. The van der Waals surface area contributed by atoms with Crippen molar-refractivity contribution in [1.29, 1.82) is 0 Å². The number of amides is 2. The third kappa shape index (κ3) is 4.54. The molecule has 1 aliphatic heterocycles. The van der Waals surface area contributed by atoms with E-state index in [0.29, 0.717) is 38.5 Å². The van der Waals surface area contributed by atoms with Crippen molar-refractivity contribution >= 4 is 25.9 Å². The van der Waals surface area contributed by atoms with Crippen LogP contribution in [0.1, 0.15) is 29.4 Å². The molecule has 32 heavy (non-hydrogen) atoms. The minimum Gasteiger partial charge on any atom is -0.508 e. The number of nitrogens with zero attached hydrogens (tertiary/aromatic N) is 1. The predicted molar refractivity (Wildman–Crippen MR) is 121 cm³/mol. The molecule has 174 valence electrons. The first-order chi connectivity index (χ1) is 15.2. The number of carbonyl (C=O) groups is 3. The maximum absolute atomic E-state index is 13.3. The summed E-state index contributed by atoms with van der Waals surface area (Å²) in [5.74, 6) is -2.01. The van der Waals surface area contributed by atoms with Gasteiger partial charge in [0.1, 0.15) is 11.5 Å². The van der Waals surface area contributed by atoms with Gasteiger partial charge in [0.15, 0.2) is 0 Å². The van der Waals surface area contributed by atoms with Gasteiger partial charge in [-0.2, -0.15) is 0 Å². The Hall–Kier alpha value is -2.39. The monoisotopic (exact) mass is 460 g/mol.